The van der Waals surface area contributed by atoms with Crippen LogP contribution in [-0.2, 0) is 19.1 Å². The summed E-state index contributed by atoms with van der Waals surface area (Å²) in [5.41, 5.74) is 0.0357. The van der Waals surface area contributed by atoms with E-state index < -0.39 is 17.4 Å². The van der Waals surface area contributed by atoms with Gasteiger partial charge in [0, 0.05) is 5.69 Å². The highest BCUT2D eigenvalue weighted by Crippen LogP contribution is 2.53. The van der Waals surface area contributed by atoms with E-state index in [1.165, 1.54) is 0 Å². The first-order valence-corrected chi connectivity index (χ1v) is 8.48. The van der Waals surface area contributed by atoms with Crippen LogP contribution in [0.1, 0.15) is 13.8 Å². The van der Waals surface area contributed by atoms with E-state index in [1.54, 1.807) is 25.9 Å². The summed E-state index contributed by atoms with van der Waals surface area (Å²) in [7, 11) is 1.60. The molecule has 0 N–H and O–H groups in total. The Kier molecular flexibility index (Phi) is 3.61. The number of hydrogen-bond donors (Lipinski definition) is 0. The SMILES string of the molecule is COc1ccc(N2C[C@@]34C=C[C@@H](O3)[C@H](C(=O)OC(C)C)[C@H]4C2=O)cc1. The fourth-order valence-electron chi connectivity index (χ4n) is 4.06. The zero-order chi connectivity index (χ0) is 17.8. The first-order chi connectivity index (χ1) is 11.9. The maximum Gasteiger partial charge on any atom is 0.313 e. The molecule has 0 aliphatic carbocycles. The maximum absolute atomic E-state index is 13.1. The minimum absolute atomic E-state index is 0.0947. The van der Waals surface area contributed by atoms with Gasteiger partial charge in [-0.25, -0.2) is 0 Å². The van der Waals surface area contributed by atoms with E-state index in [9.17, 15) is 9.59 Å². The van der Waals surface area contributed by atoms with Gasteiger partial charge in [0.2, 0.25) is 5.91 Å². The van der Waals surface area contributed by atoms with Gasteiger partial charge in [0.15, 0.2) is 0 Å². The Labute approximate surface area is 146 Å². The van der Waals surface area contributed by atoms with Gasteiger partial charge in [0.25, 0.3) is 0 Å². The van der Waals surface area contributed by atoms with Gasteiger partial charge in [0.05, 0.1) is 31.8 Å². The van der Waals surface area contributed by atoms with Gasteiger partial charge in [-0.2, -0.15) is 0 Å². The smallest absolute Gasteiger partial charge is 0.313 e. The molecular formula is C19H21NO5. The second-order valence-corrected chi connectivity index (χ2v) is 7.01. The number of amides is 1. The summed E-state index contributed by atoms with van der Waals surface area (Å²) in [5, 5.41) is 0. The molecule has 0 unspecified atom stereocenters. The van der Waals surface area contributed by atoms with Gasteiger partial charge in [-0.3, -0.25) is 9.59 Å². The van der Waals surface area contributed by atoms with Crippen LogP contribution in [0.15, 0.2) is 36.4 Å². The van der Waals surface area contributed by atoms with Crippen LogP contribution in [0.3, 0.4) is 0 Å². The molecule has 2 fully saturated rings. The third-order valence-corrected chi connectivity index (χ3v) is 5.11. The number of esters is 1. The van der Waals surface area contributed by atoms with Crippen molar-refractivity contribution < 1.29 is 23.8 Å². The highest BCUT2D eigenvalue weighted by atomic mass is 16.6. The zero-order valence-electron chi connectivity index (χ0n) is 14.5. The highest BCUT2D eigenvalue weighted by molar-refractivity contribution is 6.02. The summed E-state index contributed by atoms with van der Waals surface area (Å²) in [4.78, 5) is 27.3. The average Bonchev–Trinajstić information content (AvgIpc) is 3.22. The van der Waals surface area contributed by atoms with E-state index in [4.69, 9.17) is 14.2 Å². The normalized spacial score (nSPS) is 32.4. The molecule has 2 bridgehead atoms. The van der Waals surface area contributed by atoms with Crippen molar-refractivity contribution in [2.75, 3.05) is 18.6 Å². The minimum Gasteiger partial charge on any atom is -0.497 e. The molecular weight excluding hydrogens is 322 g/mol. The summed E-state index contributed by atoms with van der Waals surface area (Å²) in [6.45, 7) is 4.01. The maximum atomic E-state index is 13.1. The van der Waals surface area contributed by atoms with E-state index in [0.717, 1.165) is 11.4 Å². The molecule has 0 saturated carbocycles. The fraction of sp³-hybridized carbons (Fsp3) is 0.474. The number of hydrogen-bond acceptors (Lipinski definition) is 5. The van der Waals surface area contributed by atoms with Crippen molar-refractivity contribution in [2.24, 2.45) is 11.8 Å². The van der Waals surface area contributed by atoms with Crippen molar-refractivity contribution in [3.63, 3.8) is 0 Å². The Bertz CT molecular complexity index is 741. The second-order valence-electron chi connectivity index (χ2n) is 7.01. The number of anilines is 1. The van der Waals surface area contributed by atoms with E-state index in [0.29, 0.717) is 6.54 Å². The number of nitrogens with zero attached hydrogens (tertiary/aromatic N) is 1. The molecule has 132 valence electrons. The van der Waals surface area contributed by atoms with Gasteiger partial charge in [-0.1, -0.05) is 12.2 Å². The zero-order valence-corrected chi connectivity index (χ0v) is 14.5. The van der Waals surface area contributed by atoms with Crippen LogP contribution in [0.4, 0.5) is 5.69 Å². The first-order valence-electron chi connectivity index (χ1n) is 8.48. The number of carbonyl (C=O) groups excluding carboxylic acids is 2. The lowest BCUT2D eigenvalue weighted by Gasteiger charge is -2.23. The first kappa shape index (κ1) is 16.1. The van der Waals surface area contributed by atoms with Gasteiger partial charge in [-0.05, 0) is 38.1 Å². The molecule has 4 atom stereocenters. The quantitative estimate of drug-likeness (QED) is 0.617. The lowest BCUT2D eigenvalue weighted by molar-refractivity contribution is -0.156. The third-order valence-electron chi connectivity index (χ3n) is 5.11. The number of ether oxygens (including phenoxy) is 3. The minimum atomic E-state index is -0.734. The summed E-state index contributed by atoms with van der Waals surface area (Å²) in [6, 6.07) is 7.30. The fourth-order valence-corrected chi connectivity index (χ4v) is 4.06. The lowest BCUT2D eigenvalue weighted by atomic mass is 9.77. The van der Waals surface area contributed by atoms with Crippen LogP contribution in [0.25, 0.3) is 0 Å². The second kappa shape index (κ2) is 5.59. The van der Waals surface area contributed by atoms with E-state index in [1.807, 2.05) is 36.4 Å². The Morgan fingerprint density at radius 1 is 1.32 bits per heavy atom. The van der Waals surface area contributed by atoms with Crippen molar-refractivity contribution in [1.82, 2.24) is 0 Å². The molecule has 1 amide bonds. The number of carbonyl (C=O) groups is 2. The van der Waals surface area contributed by atoms with Crippen molar-refractivity contribution in [3.8, 4) is 5.75 Å². The predicted octanol–water partition coefficient (Wildman–Crippen LogP) is 1.93. The molecule has 3 aliphatic rings. The van der Waals surface area contributed by atoms with Gasteiger partial charge < -0.3 is 19.1 Å². The van der Waals surface area contributed by atoms with E-state index >= 15 is 0 Å². The highest BCUT2D eigenvalue weighted by Gasteiger charge is 2.67. The van der Waals surface area contributed by atoms with Crippen LogP contribution in [-0.4, -0.2) is 43.3 Å². The van der Waals surface area contributed by atoms with Crippen molar-refractivity contribution in [1.29, 1.82) is 0 Å². The number of benzene rings is 1. The topological polar surface area (TPSA) is 65.1 Å². The molecule has 1 aromatic carbocycles. The summed E-state index contributed by atoms with van der Waals surface area (Å²) in [5.74, 6) is -0.841. The Balaban J connectivity index is 1.64. The van der Waals surface area contributed by atoms with Crippen LogP contribution in [0, 0.1) is 11.8 Å². The van der Waals surface area contributed by atoms with Crippen LogP contribution in [0.2, 0.25) is 0 Å². The monoisotopic (exact) mass is 343 g/mol. The predicted molar refractivity (Wildman–Crippen MR) is 90.3 cm³/mol. The average molecular weight is 343 g/mol. The van der Waals surface area contributed by atoms with Crippen molar-refractivity contribution in [3.05, 3.63) is 36.4 Å². The molecule has 25 heavy (non-hydrogen) atoms. The summed E-state index contributed by atoms with van der Waals surface area (Å²) in [6.07, 6.45) is 3.22. The molecule has 6 nitrogen and oxygen atoms in total. The molecule has 0 radical (unpaired) electrons. The van der Waals surface area contributed by atoms with Gasteiger partial charge in [0.1, 0.15) is 17.3 Å². The van der Waals surface area contributed by atoms with Gasteiger partial charge in [-0.15, -0.1) is 0 Å². The lowest BCUT2D eigenvalue weighted by Crippen LogP contribution is -2.40. The van der Waals surface area contributed by atoms with Gasteiger partial charge >= 0.3 is 5.97 Å². The Morgan fingerprint density at radius 3 is 2.68 bits per heavy atom. The molecule has 1 aromatic rings. The molecule has 3 aliphatic heterocycles. The largest absolute Gasteiger partial charge is 0.497 e. The van der Waals surface area contributed by atoms with Crippen molar-refractivity contribution >= 4 is 17.6 Å². The van der Waals surface area contributed by atoms with E-state index in [-0.39, 0.29) is 24.1 Å². The molecule has 4 rings (SSSR count). The van der Waals surface area contributed by atoms with Crippen LogP contribution in [0.5, 0.6) is 5.75 Å². The Hall–Kier alpha value is -2.34. The molecule has 6 heteroatoms. The number of methoxy groups -OCH3 is 1. The third kappa shape index (κ3) is 2.35. The number of rotatable bonds is 4. The Morgan fingerprint density at radius 2 is 2.04 bits per heavy atom. The molecule has 3 heterocycles. The van der Waals surface area contributed by atoms with Crippen molar-refractivity contribution in [2.45, 2.75) is 31.7 Å². The standard InChI is InChI=1S/C19H21NO5/c1-11(2)24-18(22)15-14-8-9-19(25-14)10-20(17(21)16(15)19)12-4-6-13(23-3)7-5-12/h4-9,11,14-16H,10H2,1-3H3/t14-,15+,16+,19-/m1/s1. The van der Waals surface area contributed by atoms with Crippen LogP contribution >= 0.6 is 0 Å². The molecule has 2 saturated heterocycles. The summed E-state index contributed by atoms with van der Waals surface area (Å²) < 4.78 is 16.6. The number of fused-ring (bicyclic) bond motifs is 1. The molecule has 1 spiro atoms. The van der Waals surface area contributed by atoms with Crippen LogP contribution < -0.4 is 9.64 Å². The molecule has 0 aromatic heterocycles. The summed E-state index contributed by atoms with van der Waals surface area (Å²) >= 11 is 0. The van der Waals surface area contributed by atoms with E-state index in [2.05, 4.69) is 0 Å².